The average molecular weight is 458 g/mol. The van der Waals surface area contributed by atoms with E-state index in [-0.39, 0.29) is 30.0 Å². The van der Waals surface area contributed by atoms with Crippen LogP contribution in [0.1, 0.15) is 30.6 Å². The number of carboxylic acids is 1. The summed E-state index contributed by atoms with van der Waals surface area (Å²) in [5, 5.41) is 30.7. The van der Waals surface area contributed by atoms with Gasteiger partial charge < -0.3 is 29.3 Å². The maximum absolute atomic E-state index is 13.3. The molecule has 1 heterocycles. The number of rotatable bonds is 11. The number of thioether (sulfide) groups is 1. The molecule has 1 aromatic rings. The lowest BCUT2D eigenvalue weighted by Crippen LogP contribution is -2.43. The average Bonchev–Trinajstić information content (AvgIpc) is 3.12. The topological polar surface area (TPSA) is 149 Å². The molecule has 2 N–H and O–H groups in total. The molecule has 12 heteroatoms. The van der Waals surface area contributed by atoms with Gasteiger partial charge >= 0.3 is 5.97 Å². The van der Waals surface area contributed by atoms with Crippen LogP contribution in [0.3, 0.4) is 0 Å². The van der Waals surface area contributed by atoms with Gasteiger partial charge in [-0.25, -0.2) is 4.79 Å². The van der Waals surface area contributed by atoms with Crippen molar-refractivity contribution in [1.29, 1.82) is 0 Å². The van der Waals surface area contributed by atoms with Crippen LogP contribution in [0, 0.1) is 10.1 Å². The molecule has 0 aromatic heterocycles. The largest absolute Gasteiger partial charge is 0.493 e. The number of carbonyl (C=O) groups excluding carboxylic acids is 1. The molecule has 0 aliphatic carbocycles. The first-order valence-corrected chi connectivity index (χ1v) is 10.7. The Balaban J connectivity index is 2.45. The fourth-order valence-electron chi connectivity index (χ4n) is 3.37. The highest BCUT2D eigenvalue weighted by Gasteiger charge is 2.42. The summed E-state index contributed by atoms with van der Waals surface area (Å²) < 4.78 is 16.0. The van der Waals surface area contributed by atoms with E-state index in [0.29, 0.717) is 6.61 Å². The van der Waals surface area contributed by atoms with Crippen molar-refractivity contribution in [3.8, 4) is 11.5 Å². The zero-order valence-corrected chi connectivity index (χ0v) is 18.3. The fraction of sp³-hybridized carbons (Fsp3) is 0.579. The second-order valence-electron chi connectivity index (χ2n) is 6.65. The van der Waals surface area contributed by atoms with Crippen molar-refractivity contribution in [3.63, 3.8) is 0 Å². The minimum Gasteiger partial charge on any atom is -0.493 e. The predicted molar refractivity (Wildman–Crippen MR) is 112 cm³/mol. The Hall–Kier alpha value is -2.57. The van der Waals surface area contributed by atoms with Crippen LogP contribution in [0.25, 0.3) is 0 Å². The quantitative estimate of drug-likeness (QED) is 0.285. The molecule has 172 valence electrons. The van der Waals surface area contributed by atoms with Gasteiger partial charge in [-0.1, -0.05) is 6.92 Å². The predicted octanol–water partition coefficient (Wildman–Crippen LogP) is 1.76. The zero-order valence-electron chi connectivity index (χ0n) is 17.5. The molecule has 1 unspecified atom stereocenters. The molecule has 2 rings (SSSR count). The first-order chi connectivity index (χ1) is 14.7. The first-order valence-electron chi connectivity index (χ1n) is 9.66. The number of likely N-dealkylation sites (tertiary alicyclic amines) is 1. The molecule has 0 radical (unpaired) electrons. The second-order valence-corrected chi connectivity index (χ2v) is 8.03. The normalized spacial score (nSPS) is 19.2. The van der Waals surface area contributed by atoms with Crippen LogP contribution < -0.4 is 9.47 Å². The van der Waals surface area contributed by atoms with E-state index >= 15 is 0 Å². The molecule has 1 aliphatic heterocycles. The van der Waals surface area contributed by atoms with Gasteiger partial charge in [0, 0.05) is 19.2 Å². The lowest BCUT2D eigenvalue weighted by molar-refractivity contribution is -0.385. The number of aliphatic carboxylic acids is 1. The van der Waals surface area contributed by atoms with Crippen molar-refractivity contribution < 1.29 is 38.9 Å². The molecule has 3 atom stereocenters. The summed E-state index contributed by atoms with van der Waals surface area (Å²) in [5.41, 5.74) is -1.20. The van der Waals surface area contributed by atoms with E-state index in [2.05, 4.69) is 0 Å². The third-order valence-electron chi connectivity index (χ3n) is 4.62. The van der Waals surface area contributed by atoms with Crippen LogP contribution in [-0.4, -0.2) is 82.1 Å². The van der Waals surface area contributed by atoms with E-state index in [0.717, 1.165) is 17.9 Å². The molecule has 31 heavy (non-hydrogen) atoms. The number of hydrogen-bond donors (Lipinski definition) is 2. The van der Waals surface area contributed by atoms with Crippen molar-refractivity contribution >= 4 is 29.3 Å². The van der Waals surface area contributed by atoms with Crippen molar-refractivity contribution in [2.75, 3.05) is 32.6 Å². The molecule has 11 nitrogen and oxygen atoms in total. The van der Waals surface area contributed by atoms with Crippen molar-refractivity contribution in [1.82, 2.24) is 4.90 Å². The molecule has 0 saturated carbocycles. The summed E-state index contributed by atoms with van der Waals surface area (Å²) in [6, 6.07) is 1.65. The molecule has 1 fully saturated rings. The number of nitrogens with zero attached hydrogens (tertiary/aromatic N) is 2. The van der Waals surface area contributed by atoms with Crippen LogP contribution in [0.5, 0.6) is 11.5 Å². The number of aliphatic hydroxyl groups excluding tert-OH is 1. The smallest absolute Gasteiger partial charge is 0.341 e. The van der Waals surface area contributed by atoms with Crippen molar-refractivity contribution in [3.05, 3.63) is 27.8 Å². The summed E-state index contributed by atoms with van der Waals surface area (Å²) in [6.45, 7) is 3.46. The highest BCUT2D eigenvalue weighted by molar-refractivity contribution is 7.99. The van der Waals surface area contributed by atoms with Gasteiger partial charge in [0.25, 0.3) is 11.6 Å². The minimum atomic E-state index is -1.27. The number of nitro benzene ring substituents is 1. The van der Waals surface area contributed by atoms with Gasteiger partial charge in [0.15, 0.2) is 18.1 Å². The maximum atomic E-state index is 13.3. The van der Waals surface area contributed by atoms with E-state index in [1.165, 1.54) is 23.8 Å². The zero-order chi connectivity index (χ0) is 23.1. The Kier molecular flexibility index (Phi) is 8.89. The third-order valence-corrected chi connectivity index (χ3v) is 5.73. The highest BCUT2D eigenvalue weighted by atomic mass is 32.2. The van der Waals surface area contributed by atoms with Gasteiger partial charge in [0.05, 0.1) is 30.2 Å². The van der Waals surface area contributed by atoms with E-state index in [4.69, 9.17) is 19.3 Å². The van der Waals surface area contributed by atoms with Crippen LogP contribution >= 0.6 is 11.8 Å². The lowest BCUT2D eigenvalue weighted by Gasteiger charge is -2.30. The monoisotopic (exact) mass is 458 g/mol. The fourth-order valence-corrected chi connectivity index (χ4v) is 4.41. The van der Waals surface area contributed by atoms with Gasteiger partial charge in [0.2, 0.25) is 0 Å². The number of aliphatic hydroxyl groups is 1. The summed E-state index contributed by atoms with van der Waals surface area (Å²) in [7, 11) is 1.27. The van der Waals surface area contributed by atoms with Crippen LogP contribution in [0.15, 0.2) is 12.1 Å². The molecule has 0 spiro atoms. The Morgan fingerprint density at radius 1 is 1.35 bits per heavy atom. The van der Waals surface area contributed by atoms with Crippen LogP contribution in [0.4, 0.5) is 5.69 Å². The minimum absolute atomic E-state index is 0.00802. The number of amides is 1. The van der Waals surface area contributed by atoms with Gasteiger partial charge in [0.1, 0.15) is 11.0 Å². The Morgan fingerprint density at radius 3 is 2.61 bits per heavy atom. The van der Waals surface area contributed by atoms with E-state index < -0.39 is 46.7 Å². The third kappa shape index (κ3) is 5.99. The Labute approximate surface area is 183 Å². The Morgan fingerprint density at radius 2 is 2.06 bits per heavy atom. The van der Waals surface area contributed by atoms with Gasteiger partial charge in [-0.05, 0) is 19.1 Å². The molecular formula is C19H26N2O9S. The number of benzene rings is 1. The molecule has 0 bridgehead atoms. The second kappa shape index (κ2) is 11.2. The maximum Gasteiger partial charge on any atom is 0.341 e. The summed E-state index contributed by atoms with van der Waals surface area (Å²) >= 11 is 1.49. The number of ether oxygens (including phenoxy) is 3. The first kappa shape index (κ1) is 24.7. The van der Waals surface area contributed by atoms with E-state index in [1.54, 1.807) is 0 Å². The summed E-state index contributed by atoms with van der Waals surface area (Å²) in [6.07, 6.45) is -0.498. The number of carboxylic acid groups (broad SMARTS) is 1. The lowest BCUT2D eigenvalue weighted by atomic mass is 10.1. The number of carbonyl (C=O) groups is 2. The number of methoxy groups -OCH3 is 1. The molecule has 1 aromatic carbocycles. The van der Waals surface area contributed by atoms with E-state index in [9.17, 15) is 24.8 Å². The molecular weight excluding hydrogens is 432 g/mol. The van der Waals surface area contributed by atoms with Crippen LogP contribution in [-0.2, 0) is 9.53 Å². The van der Waals surface area contributed by atoms with Crippen molar-refractivity contribution in [2.45, 2.75) is 37.9 Å². The number of β-amino-alcohol motifs (C(OH)–C–C–N with tert-alkyl or cyclic N) is 1. The van der Waals surface area contributed by atoms with E-state index in [1.807, 2.05) is 13.8 Å². The van der Waals surface area contributed by atoms with Crippen LogP contribution in [0.2, 0.25) is 0 Å². The standard InChI is InChI=1S/C19H26N2O9S/c1-4-29-19(31-5-2)14-6-11(22)9-20(14)18(25)12-7-15(28-3)16(30-10-17(23)24)8-13(12)21(26)27/h7-8,11,14,19,22H,4-6,9-10H2,1-3H3,(H,23,24)/t11-,14+,19?/m1/s1. The van der Waals surface area contributed by atoms with Crippen molar-refractivity contribution in [2.24, 2.45) is 0 Å². The highest BCUT2D eigenvalue weighted by Crippen LogP contribution is 2.37. The van der Waals surface area contributed by atoms with Gasteiger partial charge in [-0.2, -0.15) is 0 Å². The number of nitro groups is 1. The number of hydrogen-bond acceptors (Lipinski definition) is 9. The molecule has 1 saturated heterocycles. The van der Waals surface area contributed by atoms with Gasteiger partial charge in [-0.3, -0.25) is 14.9 Å². The summed E-state index contributed by atoms with van der Waals surface area (Å²) in [5.74, 6) is -1.38. The molecule has 1 aliphatic rings. The van der Waals surface area contributed by atoms with Gasteiger partial charge in [-0.15, -0.1) is 11.8 Å². The Bertz CT molecular complexity index is 814. The SMILES string of the molecule is CCOC(SCC)[C@@H]1C[C@@H](O)CN1C(=O)c1cc(OC)c(OCC(=O)O)cc1[N+](=O)[O-]. The molecule has 1 amide bonds. The summed E-state index contributed by atoms with van der Waals surface area (Å²) in [4.78, 5) is 36.4.